The maximum Gasteiger partial charge on any atom is 0.424 e. The molecule has 3 aromatic heterocycles. The highest BCUT2D eigenvalue weighted by atomic mass is 19.4. The number of hydrogen-bond donors (Lipinski definition) is 2. The van der Waals surface area contributed by atoms with Crippen LogP contribution in [0.4, 0.5) is 19.0 Å². The number of hydrogen-bond acceptors (Lipinski definition) is 6. The second kappa shape index (κ2) is 6.03. The number of furan rings is 1. The van der Waals surface area contributed by atoms with Gasteiger partial charge in [0.1, 0.15) is 23.7 Å². The summed E-state index contributed by atoms with van der Waals surface area (Å²) in [6.45, 7) is 1.33. The molecule has 0 bridgehead atoms. The molecule has 0 saturated carbocycles. The van der Waals surface area contributed by atoms with Gasteiger partial charge in [-0.25, -0.2) is 9.97 Å². The van der Waals surface area contributed by atoms with E-state index in [-0.39, 0.29) is 6.54 Å². The van der Waals surface area contributed by atoms with Crippen LogP contribution >= 0.6 is 0 Å². The van der Waals surface area contributed by atoms with E-state index in [9.17, 15) is 18.3 Å². The molecule has 0 saturated heterocycles. The number of aryl methyl sites for hydroxylation is 2. The van der Waals surface area contributed by atoms with Crippen molar-refractivity contribution in [2.24, 2.45) is 7.05 Å². The molecule has 134 valence electrons. The average Bonchev–Trinajstić information content (AvgIpc) is 3.13. The lowest BCUT2D eigenvalue weighted by Crippen LogP contribution is -2.43. The van der Waals surface area contributed by atoms with Crippen molar-refractivity contribution in [1.82, 2.24) is 19.7 Å². The summed E-state index contributed by atoms with van der Waals surface area (Å²) in [5.41, 5.74) is -2.54. The van der Waals surface area contributed by atoms with Crippen LogP contribution in [-0.4, -0.2) is 37.6 Å². The van der Waals surface area contributed by atoms with Gasteiger partial charge in [-0.1, -0.05) is 0 Å². The van der Waals surface area contributed by atoms with E-state index in [1.807, 2.05) is 0 Å². The van der Waals surface area contributed by atoms with E-state index in [2.05, 4.69) is 20.4 Å². The molecule has 3 heterocycles. The molecule has 2 N–H and O–H groups in total. The number of fused-ring (bicyclic) bond motifs is 1. The van der Waals surface area contributed by atoms with Gasteiger partial charge in [0.2, 0.25) is 5.60 Å². The van der Waals surface area contributed by atoms with E-state index in [1.165, 1.54) is 30.2 Å². The van der Waals surface area contributed by atoms with Crippen LogP contribution in [0.2, 0.25) is 0 Å². The molecule has 0 aliphatic carbocycles. The number of halogens is 3. The molecule has 7 nitrogen and oxygen atoms in total. The Morgan fingerprint density at radius 3 is 2.68 bits per heavy atom. The Labute approximate surface area is 140 Å². The summed E-state index contributed by atoms with van der Waals surface area (Å²) in [7, 11) is 1.70. The van der Waals surface area contributed by atoms with E-state index < -0.39 is 24.0 Å². The molecule has 10 heteroatoms. The summed E-state index contributed by atoms with van der Waals surface area (Å²) in [5.74, 6) is 0.102. The van der Waals surface area contributed by atoms with Crippen molar-refractivity contribution in [1.29, 1.82) is 0 Å². The van der Waals surface area contributed by atoms with Crippen LogP contribution in [0, 0.1) is 6.92 Å². The minimum atomic E-state index is -4.88. The molecule has 3 aromatic rings. The third-order valence-corrected chi connectivity index (χ3v) is 3.93. The summed E-state index contributed by atoms with van der Waals surface area (Å²) in [6.07, 6.45) is -2.72. The third-order valence-electron chi connectivity index (χ3n) is 3.93. The van der Waals surface area contributed by atoms with Crippen LogP contribution < -0.4 is 5.32 Å². The van der Waals surface area contributed by atoms with Gasteiger partial charge in [0.05, 0.1) is 11.6 Å². The van der Waals surface area contributed by atoms with E-state index in [1.54, 1.807) is 7.05 Å². The van der Waals surface area contributed by atoms with Gasteiger partial charge in [-0.05, 0) is 19.1 Å². The number of anilines is 1. The van der Waals surface area contributed by atoms with Gasteiger partial charge in [-0.2, -0.15) is 18.3 Å². The molecule has 1 atom stereocenters. The summed E-state index contributed by atoms with van der Waals surface area (Å²) in [5, 5.41) is 17.6. The normalized spacial score (nSPS) is 14.6. The van der Waals surface area contributed by atoms with Gasteiger partial charge >= 0.3 is 6.18 Å². The molecule has 0 unspecified atom stereocenters. The maximum absolute atomic E-state index is 13.4. The highest BCUT2D eigenvalue weighted by Gasteiger charge is 2.56. The largest absolute Gasteiger partial charge is 0.463 e. The Hall–Kier alpha value is -2.62. The number of nitrogens with one attached hydrogen (secondary N) is 1. The topological polar surface area (TPSA) is 89.0 Å². The first-order valence-corrected chi connectivity index (χ1v) is 7.45. The van der Waals surface area contributed by atoms with Crippen LogP contribution in [0.3, 0.4) is 0 Å². The van der Waals surface area contributed by atoms with Crippen LogP contribution in [0.1, 0.15) is 17.9 Å². The fourth-order valence-corrected chi connectivity index (χ4v) is 2.53. The van der Waals surface area contributed by atoms with Gasteiger partial charge in [0, 0.05) is 20.0 Å². The minimum absolute atomic E-state index is 0.184. The second-order valence-corrected chi connectivity index (χ2v) is 5.67. The van der Waals surface area contributed by atoms with E-state index >= 15 is 0 Å². The monoisotopic (exact) mass is 355 g/mol. The van der Waals surface area contributed by atoms with Crippen molar-refractivity contribution in [2.75, 3.05) is 11.9 Å². The van der Waals surface area contributed by atoms with Crippen molar-refractivity contribution in [2.45, 2.75) is 25.1 Å². The van der Waals surface area contributed by atoms with Gasteiger partial charge in [-0.3, -0.25) is 4.68 Å². The van der Waals surface area contributed by atoms with E-state index in [0.717, 1.165) is 6.07 Å². The van der Waals surface area contributed by atoms with Crippen LogP contribution in [0.15, 0.2) is 29.1 Å². The number of aromatic nitrogens is 4. The summed E-state index contributed by atoms with van der Waals surface area (Å²) in [4.78, 5) is 8.07. The Morgan fingerprint density at radius 1 is 1.28 bits per heavy atom. The number of nitrogens with zero attached hydrogens (tertiary/aromatic N) is 4. The van der Waals surface area contributed by atoms with Crippen molar-refractivity contribution in [3.8, 4) is 0 Å². The van der Waals surface area contributed by atoms with Crippen molar-refractivity contribution < 1.29 is 22.7 Å². The quantitative estimate of drug-likeness (QED) is 0.731. The lowest BCUT2D eigenvalue weighted by atomic mass is 9.95. The zero-order valence-corrected chi connectivity index (χ0v) is 13.5. The fourth-order valence-electron chi connectivity index (χ4n) is 2.53. The highest BCUT2D eigenvalue weighted by molar-refractivity contribution is 5.85. The average molecular weight is 355 g/mol. The van der Waals surface area contributed by atoms with Gasteiger partial charge < -0.3 is 14.8 Å². The smallest absolute Gasteiger partial charge is 0.424 e. The summed E-state index contributed by atoms with van der Waals surface area (Å²) < 4.78 is 46.8. The molecule has 0 radical (unpaired) electrons. The summed E-state index contributed by atoms with van der Waals surface area (Å²) >= 11 is 0. The van der Waals surface area contributed by atoms with E-state index in [0.29, 0.717) is 22.6 Å². The highest BCUT2D eigenvalue weighted by Crippen LogP contribution is 2.42. The zero-order valence-electron chi connectivity index (χ0n) is 13.5. The third kappa shape index (κ3) is 3.04. The van der Waals surface area contributed by atoms with Gasteiger partial charge in [-0.15, -0.1) is 0 Å². The Bertz CT molecular complexity index is 889. The Kier molecular flexibility index (Phi) is 4.15. The number of rotatable bonds is 5. The predicted octanol–water partition coefficient (Wildman–Crippen LogP) is 2.52. The van der Waals surface area contributed by atoms with Crippen molar-refractivity contribution in [3.05, 3.63) is 36.2 Å². The SMILES string of the molecule is Cc1ccc([C@](O)(CCNc2ncnc3c2cnn3C)C(F)(F)F)o1. The standard InChI is InChI=1S/C15H16F3N5O2/c1-9-3-4-11(25-9)14(24,15(16,17)18)5-6-19-12-10-7-22-23(2)13(10)21-8-20-12/h3-4,7-8,24H,5-6H2,1-2H3,(H,19,20,21)/t14-/m1/s1. The minimum Gasteiger partial charge on any atom is -0.463 e. The lowest BCUT2D eigenvalue weighted by molar-refractivity contribution is -0.274. The van der Waals surface area contributed by atoms with Crippen LogP contribution in [0.5, 0.6) is 0 Å². The second-order valence-electron chi connectivity index (χ2n) is 5.67. The predicted molar refractivity (Wildman–Crippen MR) is 82.8 cm³/mol. The number of aliphatic hydroxyl groups is 1. The Balaban J connectivity index is 1.80. The van der Waals surface area contributed by atoms with Gasteiger partial charge in [0.15, 0.2) is 5.65 Å². The molecule has 0 aliphatic rings. The Morgan fingerprint density at radius 2 is 2.04 bits per heavy atom. The molecular formula is C15H16F3N5O2. The molecule has 0 aromatic carbocycles. The first-order valence-electron chi connectivity index (χ1n) is 7.45. The van der Waals surface area contributed by atoms with E-state index in [4.69, 9.17) is 4.42 Å². The molecule has 0 amide bonds. The molecule has 25 heavy (non-hydrogen) atoms. The van der Waals surface area contributed by atoms with Crippen molar-refractivity contribution >= 4 is 16.9 Å². The summed E-state index contributed by atoms with van der Waals surface area (Å²) in [6, 6.07) is 2.51. The zero-order chi connectivity index (χ0) is 18.2. The first-order chi connectivity index (χ1) is 11.7. The molecule has 0 aliphatic heterocycles. The molecular weight excluding hydrogens is 339 g/mol. The molecule has 0 spiro atoms. The first kappa shape index (κ1) is 17.2. The lowest BCUT2D eigenvalue weighted by Gasteiger charge is -2.28. The maximum atomic E-state index is 13.4. The van der Waals surface area contributed by atoms with Crippen LogP contribution in [-0.2, 0) is 12.6 Å². The number of alkyl halides is 3. The van der Waals surface area contributed by atoms with Gasteiger partial charge in [0.25, 0.3) is 0 Å². The van der Waals surface area contributed by atoms with Crippen LogP contribution in [0.25, 0.3) is 11.0 Å². The molecule has 3 rings (SSSR count). The molecule has 0 fully saturated rings. The van der Waals surface area contributed by atoms with Crippen molar-refractivity contribution in [3.63, 3.8) is 0 Å². The fraction of sp³-hybridized carbons (Fsp3) is 0.400.